The number of nitrogens with one attached hydrogen (secondary N) is 1. The van der Waals surface area contributed by atoms with Crippen molar-refractivity contribution < 1.29 is 36.9 Å². The second-order valence-corrected chi connectivity index (χ2v) is 11.3. The molecule has 0 aromatic heterocycles. The molecule has 0 saturated carbocycles. The smallest absolute Gasteiger partial charge is 0.416 e. The third-order valence-corrected chi connectivity index (χ3v) is 7.51. The minimum absolute atomic E-state index is 0.00900. The fourth-order valence-electron chi connectivity index (χ4n) is 5.14. The van der Waals surface area contributed by atoms with Crippen LogP contribution in [-0.2, 0) is 37.2 Å². The molecule has 2 atom stereocenters. The average Bonchev–Trinajstić information content (AvgIpc) is 3.20. The summed E-state index contributed by atoms with van der Waals surface area (Å²) in [6, 6.07) is 7.36. The van der Waals surface area contributed by atoms with E-state index >= 15 is 0 Å². The molecule has 0 bridgehead atoms. The van der Waals surface area contributed by atoms with E-state index in [1.54, 1.807) is 0 Å². The second-order valence-electron chi connectivity index (χ2n) is 11.3. The Balaban J connectivity index is 1.72. The number of benzene rings is 2. The lowest BCUT2D eigenvalue weighted by atomic mass is 9.64. The van der Waals surface area contributed by atoms with Crippen LogP contribution in [0.1, 0.15) is 43.4 Å². The Bertz CT molecular complexity index is 1300. The summed E-state index contributed by atoms with van der Waals surface area (Å²) in [4.78, 5) is 40.6. The summed E-state index contributed by atoms with van der Waals surface area (Å²) < 4.78 is 50.5. The molecule has 2 amide bonds. The molecule has 10 nitrogen and oxygen atoms in total. The Kier molecular flexibility index (Phi) is 12.0. The van der Waals surface area contributed by atoms with Gasteiger partial charge >= 0.3 is 13.1 Å². The number of ether oxygens (including phenoxy) is 1. The topological polar surface area (TPSA) is 163 Å². The summed E-state index contributed by atoms with van der Waals surface area (Å²) in [5.41, 5.74) is 18.5. The summed E-state index contributed by atoms with van der Waals surface area (Å²) in [6.07, 6.45) is -4.59. The van der Waals surface area contributed by atoms with Crippen molar-refractivity contribution in [3.63, 3.8) is 0 Å². The second kappa shape index (κ2) is 15.0. The first-order chi connectivity index (χ1) is 20.7. The molecule has 0 fully saturated rings. The van der Waals surface area contributed by atoms with Crippen LogP contribution in [0.4, 0.5) is 13.2 Å². The molecule has 2 aromatic carbocycles. The Morgan fingerprint density at radius 2 is 1.70 bits per heavy atom. The summed E-state index contributed by atoms with van der Waals surface area (Å²) in [6.45, 7) is 6.55. The molecule has 2 aromatic rings. The molecule has 0 saturated heterocycles. The van der Waals surface area contributed by atoms with Crippen molar-refractivity contribution in [3.8, 4) is 5.75 Å². The van der Waals surface area contributed by atoms with Gasteiger partial charge in [-0.3, -0.25) is 14.4 Å². The number of amides is 2. The van der Waals surface area contributed by atoms with Crippen LogP contribution in [0, 0.1) is 0 Å². The predicted octanol–water partition coefficient (Wildman–Crippen LogP) is 1.33. The van der Waals surface area contributed by atoms with Gasteiger partial charge in [0.1, 0.15) is 18.4 Å². The minimum Gasteiger partial charge on any atom is -0.491 e. The molecule has 0 unspecified atom stereocenters. The van der Waals surface area contributed by atoms with Gasteiger partial charge in [-0.25, -0.2) is 0 Å². The number of nitrogens with zero attached hydrogens (tertiary/aromatic N) is 1. The van der Waals surface area contributed by atoms with Crippen LogP contribution in [0.5, 0.6) is 5.75 Å². The third kappa shape index (κ3) is 9.27. The quantitative estimate of drug-likeness (QED) is 0.217. The van der Waals surface area contributed by atoms with E-state index < -0.39 is 41.1 Å². The first-order valence-corrected chi connectivity index (χ1v) is 14.5. The molecular weight excluding hydrogens is 578 g/mol. The lowest BCUT2D eigenvalue weighted by molar-refractivity contribution is -0.137. The molecule has 44 heavy (non-hydrogen) atoms. The number of ketones is 1. The summed E-state index contributed by atoms with van der Waals surface area (Å²) in [5, 5.41) is 2.61. The molecular formula is C30H41BF3N5O5. The van der Waals surface area contributed by atoms with Gasteiger partial charge in [0.15, 0.2) is 5.78 Å². The Morgan fingerprint density at radius 3 is 2.30 bits per heavy atom. The molecule has 7 N–H and O–H groups in total. The fourth-order valence-corrected chi connectivity index (χ4v) is 5.14. The molecule has 240 valence electrons. The highest BCUT2D eigenvalue weighted by atomic mass is 19.4. The Morgan fingerprint density at radius 1 is 1.07 bits per heavy atom. The monoisotopic (exact) mass is 619 g/mol. The number of nitrogens with two attached hydrogens (primary N) is 3. The van der Waals surface area contributed by atoms with E-state index in [-0.39, 0.29) is 57.5 Å². The van der Waals surface area contributed by atoms with Gasteiger partial charge < -0.3 is 36.8 Å². The third-order valence-electron chi connectivity index (χ3n) is 7.51. The van der Waals surface area contributed by atoms with Gasteiger partial charge in [0.2, 0.25) is 11.8 Å². The summed E-state index contributed by atoms with van der Waals surface area (Å²) in [5.74, 6) is -1.23. The summed E-state index contributed by atoms with van der Waals surface area (Å²) >= 11 is 0. The number of carbonyl (C=O) groups is 3. The molecule has 1 aliphatic rings. The van der Waals surface area contributed by atoms with Crippen molar-refractivity contribution in [1.82, 2.24) is 10.2 Å². The maximum Gasteiger partial charge on any atom is 0.416 e. The van der Waals surface area contributed by atoms with Crippen molar-refractivity contribution >= 4 is 30.0 Å². The van der Waals surface area contributed by atoms with E-state index in [1.165, 1.54) is 4.90 Å². The highest BCUT2D eigenvalue weighted by molar-refractivity contribution is 6.67. The zero-order chi connectivity index (χ0) is 32.7. The van der Waals surface area contributed by atoms with Gasteiger partial charge in [-0.15, -0.1) is 0 Å². The Hall–Kier alpha value is -3.46. The maximum atomic E-state index is 13.5. The van der Waals surface area contributed by atoms with E-state index in [9.17, 15) is 27.6 Å². The lowest BCUT2D eigenvalue weighted by Gasteiger charge is -2.23. The largest absolute Gasteiger partial charge is 0.491 e. The van der Waals surface area contributed by atoms with Crippen molar-refractivity contribution in [2.24, 2.45) is 17.2 Å². The van der Waals surface area contributed by atoms with Gasteiger partial charge in [-0.05, 0) is 61.1 Å². The van der Waals surface area contributed by atoms with Crippen molar-refractivity contribution in [1.29, 1.82) is 0 Å². The zero-order valence-corrected chi connectivity index (χ0v) is 25.3. The van der Waals surface area contributed by atoms with Crippen molar-refractivity contribution in [3.05, 3.63) is 59.2 Å². The van der Waals surface area contributed by atoms with E-state index in [4.69, 9.17) is 26.6 Å². The normalized spacial score (nSPS) is 15.3. The van der Waals surface area contributed by atoms with E-state index in [0.717, 1.165) is 35.3 Å². The molecule has 1 aliphatic heterocycles. The first-order valence-electron chi connectivity index (χ1n) is 14.5. The summed E-state index contributed by atoms with van der Waals surface area (Å²) in [7, 11) is 0. The maximum absolute atomic E-state index is 13.5. The lowest BCUT2D eigenvalue weighted by Crippen LogP contribution is -2.51. The van der Waals surface area contributed by atoms with Crippen LogP contribution in [0.25, 0.3) is 0 Å². The standard InChI is InChI=1S/C30H41BF3N5O5/c1-29(2)22-16-19(4-9-23(22)31(3)44-29)17-26(40)25(18-43-21-7-5-20(6-8-21)30(32,33)34)38-28(42)24(37)10-11-27(41)39(14-12-35)15-13-36/h4-9,16,24-25H,10-15,17-18,35-37H2,1-3H3,(H,38,42)/t24-,25+/m0/s1. The van der Waals surface area contributed by atoms with E-state index in [2.05, 4.69) is 5.32 Å². The predicted molar refractivity (Wildman–Crippen MR) is 161 cm³/mol. The van der Waals surface area contributed by atoms with Crippen LogP contribution < -0.4 is 32.7 Å². The van der Waals surface area contributed by atoms with E-state index in [0.29, 0.717) is 18.7 Å². The van der Waals surface area contributed by atoms with Crippen molar-refractivity contribution in [2.75, 3.05) is 32.8 Å². The minimum atomic E-state index is -4.51. The van der Waals surface area contributed by atoms with Gasteiger partial charge in [-0.1, -0.05) is 25.0 Å². The van der Waals surface area contributed by atoms with Crippen LogP contribution in [-0.4, -0.2) is 74.3 Å². The molecule has 0 spiro atoms. The van der Waals surface area contributed by atoms with Gasteiger partial charge in [0.05, 0.1) is 17.2 Å². The highest BCUT2D eigenvalue weighted by Gasteiger charge is 2.38. The number of halogens is 3. The Labute approximate surface area is 255 Å². The number of fused-ring (bicyclic) bond motifs is 1. The number of Topliss-reactive ketones (excluding diaryl/α,β-unsaturated/α-hetero) is 1. The molecule has 14 heteroatoms. The number of hydrogen-bond donors (Lipinski definition) is 4. The van der Waals surface area contributed by atoms with E-state index in [1.807, 2.05) is 38.9 Å². The molecule has 1 heterocycles. The molecule has 0 aliphatic carbocycles. The molecule has 0 radical (unpaired) electrons. The van der Waals surface area contributed by atoms with Gasteiger partial charge in [0.25, 0.3) is 0 Å². The van der Waals surface area contributed by atoms with Crippen molar-refractivity contribution in [2.45, 2.75) is 63.8 Å². The fraction of sp³-hybridized carbons (Fsp3) is 0.500. The van der Waals surface area contributed by atoms with Crippen LogP contribution in [0.15, 0.2) is 42.5 Å². The molecule has 3 rings (SSSR count). The van der Waals surface area contributed by atoms with Crippen LogP contribution in [0.2, 0.25) is 6.82 Å². The van der Waals surface area contributed by atoms with Crippen LogP contribution >= 0.6 is 0 Å². The average molecular weight is 619 g/mol. The SMILES string of the molecule is CB1OC(C)(C)c2cc(CC(=O)[C@@H](COc3ccc(C(F)(F)F)cc3)NC(=O)[C@@H](N)CCC(=O)N(CCN)CCN)ccc21. The zero-order valence-electron chi connectivity index (χ0n) is 25.3. The number of carbonyl (C=O) groups excluding carboxylic acids is 3. The number of rotatable bonds is 15. The van der Waals surface area contributed by atoms with Gasteiger partial charge in [-0.2, -0.15) is 13.2 Å². The first kappa shape index (κ1) is 35.0. The number of alkyl halides is 3. The highest BCUT2D eigenvalue weighted by Crippen LogP contribution is 2.32. The van der Waals surface area contributed by atoms with Gasteiger partial charge in [0, 0.05) is 39.0 Å². The number of hydrogen-bond acceptors (Lipinski definition) is 8. The van der Waals surface area contributed by atoms with Crippen LogP contribution in [0.3, 0.4) is 0 Å².